The van der Waals surface area contributed by atoms with Gasteiger partial charge in [0.2, 0.25) is 0 Å². The Bertz CT molecular complexity index is 921. The van der Waals surface area contributed by atoms with Crippen LogP contribution in [0.15, 0.2) is 52.0 Å². The van der Waals surface area contributed by atoms with Crippen molar-refractivity contribution in [1.82, 2.24) is 10.2 Å². The molecule has 1 saturated heterocycles. The van der Waals surface area contributed by atoms with Gasteiger partial charge in [-0.1, -0.05) is 0 Å². The van der Waals surface area contributed by atoms with Gasteiger partial charge in [-0.15, -0.1) is 0 Å². The Morgan fingerprint density at radius 2 is 2.00 bits per heavy atom. The topological polar surface area (TPSA) is 123 Å². The molecule has 9 nitrogen and oxygen atoms in total. The van der Waals surface area contributed by atoms with Crippen molar-refractivity contribution >= 4 is 40.6 Å². The first-order valence-corrected chi connectivity index (χ1v) is 8.59. The highest BCUT2D eigenvalue weighted by Crippen LogP contribution is 2.32. The lowest BCUT2D eigenvalue weighted by Crippen LogP contribution is -2.37. The van der Waals surface area contributed by atoms with Crippen molar-refractivity contribution in [2.24, 2.45) is 0 Å². The minimum Gasteiger partial charge on any atom is -0.459 e. The van der Waals surface area contributed by atoms with Crippen molar-refractivity contribution in [1.29, 1.82) is 0 Å². The van der Waals surface area contributed by atoms with Crippen molar-refractivity contribution in [2.75, 3.05) is 13.1 Å². The van der Waals surface area contributed by atoms with E-state index >= 15 is 0 Å². The second kappa shape index (κ2) is 7.87. The van der Waals surface area contributed by atoms with Gasteiger partial charge in [0.1, 0.15) is 0 Å². The Balaban J connectivity index is 1.60. The molecule has 1 N–H and O–H groups in total. The Morgan fingerprint density at radius 1 is 1.26 bits per heavy atom. The molecule has 27 heavy (non-hydrogen) atoms. The lowest BCUT2D eigenvalue weighted by molar-refractivity contribution is -0.384. The molecule has 1 aromatic carbocycles. The normalized spacial score (nSPS) is 15.4. The molecule has 1 aliphatic rings. The first-order valence-electron chi connectivity index (χ1n) is 7.77. The van der Waals surface area contributed by atoms with E-state index in [-0.39, 0.29) is 29.4 Å². The number of hydrogen-bond donors (Lipinski definition) is 1. The zero-order valence-electron chi connectivity index (χ0n) is 13.8. The van der Waals surface area contributed by atoms with E-state index in [9.17, 15) is 24.5 Å². The molecular formula is C17H13N3O6S. The SMILES string of the molecule is O=C(NCCN1C(=O)S/C(=C\c2ccc([N+](=O)[O-])cc2)C1=O)c1ccco1. The van der Waals surface area contributed by atoms with Gasteiger partial charge in [0.25, 0.3) is 22.7 Å². The molecule has 2 aromatic rings. The average molecular weight is 387 g/mol. The third-order valence-electron chi connectivity index (χ3n) is 3.64. The number of benzene rings is 1. The van der Waals surface area contributed by atoms with Gasteiger partial charge in [-0.2, -0.15) is 0 Å². The second-order valence-corrected chi connectivity index (χ2v) is 6.41. The molecule has 3 rings (SSSR count). The lowest BCUT2D eigenvalue weighted by Gasteiger charge is -2.12. The van der Waals surface area contributed by atoms with Crippen LogP contribution in [0.5, 0.6) is 0 Å². The fourth-order valence-corrected chi connectivity index (χ4v) is 3.18. The van der Waals surface area contributed by atoms with Crippen LogP contribution >= 0.6 is 11.8 Å². The minimum absolute atomic E-state index is 0.0225. The maximum atomic E-state index is 12.4. The summed E-state index contributed by atoms with van der Waals surface area (Å²) in [5.41, 5.74) is 0.504. The molecular weight excluding hydrogens is 374 g/mol. The van der Waals surface area contributed by atoms with Crippen LogP contribution in [-0.2, 0) is 4.79 Å². The molecule has 0 bridgehead atoms. The van der Waals surface area contributed by atoms with E-state index in [0.29, 0.717) is 5.56 Å². The molecule has 2 heterocycles. The van der Waals surface area contributed by atoms with E-state index in [1.165, 1.54) is 42.7 Å². The van der Waals surface area contributed by atoms with Gasteiger partial charge in [-0.05, 0) is 47.7 Å². The summed E-state index contributed by atoms with van der Waals surface area (Å²) in [5.74, 6) is -0.772. The molecule has 0 aliphatic carbocycles. The smallest absolute Gasteiger partial charge is 0.293 e. The van der Waals surface area contributed by atoms with Crippen LogP contribution in [0, 0.1) is 10.1 Å². The monoisotopic (exact) mass is 387 g/mol. The molecule has 0 spiro atoms. The summed E-state index contributed by atoms with van der Waals surface area (Å²) in [4.78, 5) is 47.6. The zero-order valence-corrected chi connectivity index (χ0v) is 14.6. The molecule has 1 fully saturated rings. The minimum atomic E-state index is -0.519. The number of rotatable bonds is 6. The molecule has 3 amide bonds. The van der Waals surface area contributed by atoms with Crippen molar-refractivity contribution in [3.05, 3.63) is 69.0 Å². The summed E-state index contributed by atoms with van der Waals surface area (Å²) in [6, 6.07) is 8.71. The van der Waals surface area contributed by atoms with E-state index in [0.717, 1.165) is 16.7 Å². The Kier molecular flexibility index (Phi) is 5.36. The number of hydrogen-bond acceptors (Lipinski definition) is 7. The maximum absolute atomic E-state index is 12.4. The Hall–Kier alpha value is -3.40. The van der Waals surface area contributed by atoms with E-state index in [1.54, 1.807) is 6.07 Å². The number of carbonyl (C=O) groups is 3. The first-order chi connectivity index (χ1) is 13.0. The van der Waals surface area contributed by atoms with Gasteiger partial charge in [-0.25, -0.2) is 0 Å². The molecule has 0 radical (unpaired) electrons. The summed E-state index contributed by atoms with van der Waals surface area (Å²) in [6.45, 7) is 0.108. The highest BCUT2D eigenvalue weighted by atomic mass is 32.2. The Morgan fingerprint density at radius 3 is 2.63 bits per heavy atom. The third kappa shape index (κ3) is 4.23. The molecule has 0 atom stereocenters. The van der Waals surface area contributed by atoms with E-state index in [1.807, 2.05) is 0 Å². The number of non-ortho nitro benzene ring substituents is 1. The number of nitrogens with zero attached hydrogens (tertiary/aromatic N) is 2. The second-order valence-electron chi connectivity index (χ2n) is 5.42. The molecule has 10 heteroatoms. The average Bonchev–Trinajstić information content (AvgIpc) is 3.26. The Labute approximate surface area is 157 Å². The van der Waals surface area contributed by atoms with Crippen LogP contribution in [0.2, 0.25) is 0 Å². The van der Waals surface area contributed by atoms with Crippen molar-refractivity contribution in [3.8, 4) is 0 Å². The first kappa shape index (κ1) is 18.4. The predicted octanol–water partition coefficient (Wildman–Crippen LogP) is 2.65. The number of furan rings is 1. The highest BCUT2D eigenvalue weighted by Gasteiger charge is 2.34. The van der Waals surface area contributed by atoms with E-state index in [2.05, 4.69) is 5.32 Å². The van der Waals surface area contributed by atoms with Crippen LogP contribution < -0.4 is 5.32 Å². The lowest BCUT2D eigenvalue weighted by atomic mass is 10.2. The van der Waals surface area contributed by atoms with Crippen LogP contribution in [0.1, 0.15) is 16.1 Å². The van der Waals surface area contributed by atoms with Crippen molar-refractivity contribution in [3.63, 3.8) is 0 Å². The van der Waals surface area contributed by atoms with Gasteiger partial charge in [0.05, 0.1) is 16.1 Å². The number of carbonyl (C=O) groups excluding carboxylic acids is 3. The quantitative estimate of drug-likeness (QED) is 0.459. The largest absolute Gasteiger partial charge is 0.459 e. The summed E-state index contributed by atoms with van der Waals surface area (Å²) in [7, 11) is 0. The van der Waals surface area contributed by atoms with Crippen LogP contribution in [0.3, 0.4) is 0 Å². The fourth-order valence-electron chi connectivity index (χ4n) is 2.31. The number of amides is 3. The number of imide groups is 1. The van der Waals surface area contributed by atoms with Crippen LogP contribution in [0.25, 0.3) is 6.08 Å². The van der Waals surface area contributed by atoms with E-state index in [4.69, 9.17) is 4.42 Å². The zero-order chi connectivity index (χ0) is 19.4. The van der Waals surface area contributed by atoms with E-state index < -0.39 is 22.0 Å². The molecule has 1 aliphatic heterocycles. The molecule has 138 valence electrons. The van der Waals surface area contributed by atoms with Crippen LogP contribution in [0.4, 0.5) is 10.5 Å². The van der Waals surface area contributed by atoms with Gasteiger partial charge >= 0.3 is 0 Å². The number of thioether (sulfide) groups is 1. The molecule has 0 unspecified atom stereocenters. The summed E-state index contributed by atoms with van der Waals surface area (Å²) in [6.07, 6.45) is 2.87. The summed E-state index contributed by atoms with van der Waals surface area (Å²) in [5, 5.41) is 12.8. The maximum Gasteiger partial charge on any atom is 0.293 e. The third-order valence-corrected chi connectivity index (χ3v) is 4.55. The van der Waals surface area contributed by atoms with Gasteiger partial charge < -0.3 is 9.73 Å². The van der Waals surface area contributed by atoms with Gasteiger partial charge in [0, 0.05) is 25.2 Å². The van der Waals surface area contributed by atoms with Crippen molar-refractivity contribution in [2.45, 2.75) is 0 Å². The van der Waals surface area contributed by atoms with Gasteiger partial charge in [0.15, 0.2) is 5.76 Å². The number of nitro benzene ring substituents is 1. The molecule has 0 saturated carbocycles. The molecule has 1 aromatic heterocycles. The van der Waals surface area contributed by atoms with Gasteiger partial charge in [-0.3, -0.25) is 29.4 Å². The summed E-state index contributed by atoms with van der Waals surface area (Å²) >= 11 is 0.777. The predicted molar refractivity (Wildman–Crippen MR) is 96.8 cm³/mol. The van der Waals surface area contributed by atoms with Crippen LogP contribution in [-0.4, -0.2) is 40.0 Å². The fraction of sp³-hybridized carbons (Fsp3) is 0.118. The number of nitrogens with one attached hydrogen (secondary N) is 1. The number of nitro groups is 1. The highest BCUT2D eigenvalue weighted by molar-refractivity contribution is 8.18. The summed E-state index contributed by atoms with van der Waals surface area (Å²) < 4.78 is 4.95. The van der Waals surface area contributed by atoms with Crippen molar-refractivity contribution < 1.29 is 23.7 Å². The standard InChI is InChI=1S/C17H13N3O6S/c21-15(13-2-1-9-26-13)18-7-8-19-16(22)14(27-17(19)23)10-11-3-5-12(6-4-11)20(24)25/h1-6,9-10H,7-8H2,(H,18,21)/b14-10-.